The summed E-state index contributed by atoms with van der Waals surface area (Å²) in [5, 5.41) is 9.37. The van der Waals surface area contributed by atoms with Gasteiger partial charge in [0.05, 0.1) is 6.61 Å². The fraction of sp³-hybridized carbons (Fsp3) is 0.500. The minimum Gasteiger partial charge on any atom is -0.480 e. The Kier molecular flexibility index (Phi) is 3.84. The van der Waals surface area contributed by atoms with Crippen molar-refractivity contribution in [3.05, 3.63) is 35.4 Å². The van der Waals surface area contributed by atoms with Crippen molar-refractivity contribution in [2.24, 2.45) is 5.41 Å². The third kappa shape index (κ3) is 2.30. The van der Waals surface area contributed by atoms with Gasteiger partial charge in [0.15, 0.2) is 5.41 Å². The van der Waals surface area contributed by atoms with E-state index < -0.39 is 17.4 Å². The first kappa shape index (κ1) is 14.6. The summed E-state index contributed by atoms with van der Waals surface area (Å²) >= 11 is 0. The van der Waals surface area contributed by atoms with Crippen molar-refractivity contribution in [1.82, 2.24) is 0 Å². The van der Waals surface area contributed by atoms with Crippen LogP contribution < -0.4 is 0 Å². The molecule has 2 atom stereocenters. The molecule has 0 saturated heterocycles. The summed E-state index contributed by atoms with van der Waals surface area (Å²) in [5.74, 6) is -1.56. The molecule has 0 aromatic heterocycles. The van der Waals surface area contributed by atoms with E-state index in [2.05, 4.69) is 13.8 Å². The molecule has 1 N–H and O–H groups in total. The minimum absolute atomic E-state index is 0.201. The molecule has 0 spiro atoms. The standard InChI is InChI=1S/C16H20O4/c1-4-20-15(19)16(14(17)18)9-13(16)12-7-5-11(6-8-12)10(2)3/h5-8,10,13H,4,9H2,1-3H3,(H,17,18). The number of ether oxygens (including phenoxy) is 1. The first-order valence-corrected chi connectivity index (χ1v) is 6.94. The number of esters is 1. The zero-order valence-corrected chi connectivity index (χ0v) is 12.1. The fourth-order valence-corrected chi connectivity index (χ4v) is 2.59. The third-order valence-corrected chi connectivity index (χ3v) is 3.99. The van der Waals surface area contributed by atoms with Gasteiger partial charge in [0.25, 0.3) is 0 Å². The SMILES string of the molecule is CCOC(=O)C1(C(=O)O)CC1c1ccc(C(C)C)cc1. The molecule has 2 unspecified atom stereocenters. The summed E-state index contributed by atoms with van der Waals surface area (Å²) in [5.41, 5.74) is 0.714. The van der Waals surface area contributed by atoms with E-state index in [1.807, 2.05) is 24.3 Å². The number of carboxylic acid groups (broad SMARTS) is 1. The summed E-state index contributed by atoms with van der Waals surface area (Å²) < 4.78 is 4.92. The van der Waals surface area contributed by atoms with Crippen LogP contribution in [0.3, 0.4) is 0 Å². The molecule has 4 heteroatoms. The third-order valence-electron chi connectivity index (χ3n) is 3.99. The van der Waals surface area contributed by atoms with E-state index in [-0.39, 0.29) is 12.5 Å². The molecule has 0 amide bonds. The molecule has 1 fully saturated rings. The normalized spacial score (nSPS) is 24.5. The Morgan fingerprint density at radius 1 is 1.35 bits per heavy atom. The second kappa shape index (κ2) is 5.27. The van der Waals surface area contributed by atoms with Gasteiger partial charge in [0, 0.05) is 5.92 Å². The minimum atomic E-state index is -1.38. The predicted octanol–water partition coefficient (Wildman–Crippen LogP) is 2.93. The van der Waals surface area contributed by atoms with Crippen molar-refractivity contribution in [2.45, 2.75) is 39.0 Å². The number of carboxylic acids is 1. The van der Waals surface area contributed by atoms with Gasteiger partial charge >= 0.3 is 11.9 Å². The Labute approximate surface area is 118 Å². The topological polar surface area (TPSA) is 63.6 Å². The first-order valence-electron chi connectivity index (χ1n) is 6.94. The molecule has 108 valence electrons. The lowest BCUT2D eigenvalue weighted by molar-refractivity contribution is -0.161. The predicted molar refractivity (Wildman–Crippen MR) is 74.6 cm³/mol. The lowest BCUT2D eigenvalue weighted by atomic mass is 9.96. The number of hydrogen-bond donors (Lipinski definition) is 1. The van der Waals surface area contributed by atoms with Crippen LogP contribution in [0.4, 0.5) is 0 Å². The van der Waals surface area contributed by atoms with Crippen LogP contribution in [0.2, 0.25) is 0 Å². The van der Waals surface area contributed by atoms with Crippen LogP contribution in [-0.2, 0) is 14.3 Å². The van der Waals surface area contributed by atoms with Gasteiger partial charge in [-0.2, -0.15) is 0 Å². The monoisotopic (exact) mass is 276 g/mol. The van der Waals surface area contributed by atoms with E-state index in [1.54, 1.807) is 6.92 Å². The highest BCUT2D eigenvalue weighted by Gasteiger charge is 2.68. The molecule has 4 nitrogen and oxygen atoms in total. The van der Waals surface area contributed by atoms with Gasteiger partial charge in [-0.1, -0.05) is 38.1 Å². The molecule has 1 aliphatic carbocycles. The van der Waals surface area contributed by atoms with Crippen molar-refractivity contribution >= 4 is 11.9 Å². The van der Waals surface area contributed by atoms with E-state index in [1.165, 1.54) is 5.56 Å². The van der Waals surface area contributed by atoms with Crippen LogP contribution >= 0.6 is 0 Å². The van der Waals surface area contributed by atoms with E-state index in [0.29, 0.717) is 12.3 Å². The Balaban J connectivity index is 2.22. The van der Waals surface area contributed by atoms with Crippen molar-refractivity contribution in [2.75, 3.05) is 6.61 Å². The molecule has 1 aromatic carbocycles. The van der Waals surface area contributed by atoms with Crippen LogP contribution in [0.15, 0.2) is 24.3 Å². The summed E-state index contributed by atoms with van der Waals surface area (Å²) in [6.07, 6.45) is 0.322. The van der Waals surface area contributed by atoms with Crippen LogP contribution in [0.5, 0.6) is 0 Å². The van der Waals surface area contributed by atoms with Crippen molar-refractivity contribution < 1.29 is 19.4 Å². The zero-order chi connectivity index (χ0) is 14.9. The lowest BCUT2D eigenvalue weighted by Gasteiger charge is -2.12. The fourth-order valence-electron chi connectivity index (χ4n) is 2.59. The molecular formula is C16H20O4. The van der Waals surface area contributed by atoms with Gasteiger partial charge in [0.2, 0.25) is 0 Å². The maximum atomic E-state index is 11.9. The van der Waals surface area contributed by atoms with E-state index in [9.17, 15) is 14.7 Å². The largest absolute Gasteiger partial charge is 0.480 e. The number of hydrogen-bond acceptors (Lipinski definition) is 3. The Hall–Kier alpha value is -1.84. The van der Waals surface area contributed by atoms with E-state index in [4.69, 9.17) is 4.74 Å². The second-order valence-corrected chi connectivity index (χ2v) is 5.58. The van der Waals surface area contributed by atoms with Gasteiger partial charge in [0.1, 0.15) is 0 Å². The molecule has 0 aliphatic heterocycles. The summed E-state index contributed by atoms with van der Waals surface area (Å²) in [6.45, 7) is 6.09. The molecule has 0 radical (unpaired) electrons. The van der Waals surface area contributed by atoms with E-state index >= 15 is 0 Å². The zero-order valence-electron chi connectivity index (χ0n) is 12.1. The van der Waals surface area contributed by atoms with Gasteiger partial charge in [-0.15, -0.1) is 0 Å². The van der Waals surface area contributed by atoms with Crippen molar-refractivity contribution in [3.8, 4) is 0 Å². The quantitative estimate of drug-likeness (QED) is 0.663. The summed E-state index contributed by atoms with van der Waals surface area (Å²) in [4.78, 5) is 23.4. The van der Waals surface area contributed by atoms with Gasteiger partial charge in [-0.25, -0.2) is 0 Å². The smallest absolute Gasteiger partial charge is 0.324 e. The number of benzene rings is 1. The highest BCUT2D eigenvalue weighted by molar-refractivity contribution is 6.04. The maximum absolute atomic E-state index is 11.9. The highest BCUT2D eigenvalue weighted by atomic mass is 16.5. The van der Waals surface area contributed by atoms with Gasteiger partial charge in [-0.05, 0) is 30.4 Å². The average Bonchev–Trinajstić information content (AvgIpc) is 3.16. The van der Waals surface area contributed by atoms with Crippen molar-refractivity contribution in [3.63, 3.8) is 0 Å². The molecule has 0 bridgehead atoms. The molecule has 0 heterocycles. The molecule has 1 saturated carbocycles. The number of carbonyl (C=O) groups is 2. The summed E-state index contributed by atoms with van der Waals surface area (Å²) in [7, 11) is 0. The van der Waals surface area contributed by atoms with E-state index in [0.717, 1.165) is 5.56 Å². The van der Waals surface area contributed by atoms with Crippen LogP contribution in [0.25, 0.3) is 0 Å². The molecular weight excluding hydrogens is 256 g/mol. The number of carbonyl (C=O) groups excluding carboxylic acids is 1. The second-order valence-electron chi connectivity index (χ2n) is 5.58. The highest BCUT2D eigenvalue weighted by Crippen LogP contribution is 2.60. The maximum Gasteiger partial charge on any atom is 0.324 e. The van der Waals surface area contributed by atoms with Gasteiger partial charge in [-0.3, -0.25) is 9.59 Å². The molecule has 2 rings (SSSR count). The molecule has 1 aliphatic rings. The molecule has 1 aromatic rings. The lowest BCUT2D eigenvalue weighted by Crippen LogP contribution is -2.29. The summed E-state index contributed by atoms with van der Waals surface area (Å²) in [6, 6.07) is 7.83. The van der Waals surface area contributed by atoms with Crippen LogP contribution in [0.1, 0.15) is 50.2 Å². The Morgan fingerprint density at radius 2 is 1.95 bits per heavy atom. The number of rotatable bonds is 5. The Morgan fingerprint density at radius 3 is 2.40 bits per heavy atom. The van der Waals surface area contributed by atoms with Crippen LogP contribution in [-0.4, -0.2) is 23.7 Å². The average molecular weight is 276 g/mol. The first-order chi connectivity index (χ1) is 9.43. The number of aliphatic carboxylic acids is 1. The van der Waals surface area contributed by atoms with Crippen LogP contribution in [0, 0.1) is 5.41 Å². The molecule has 20 heavy (non-hydrogen) atoms. The Bertz CT molecular complexity index is 518. The van der Waals surface area contributed by atoms with Gasteiger partial charge < -0.3 is 9.84 Å². The van der Waals surface area contributed by atoms with Crippen molar-refractivity contribution in [1.29, 1.82) is 0 Å².